The van der Waals surface area contributed by atoms with Gasteiger partial charge in [0.25, 0.3) is 0 Å². The third-order valence-electron chi connectivity index (χ3n) is 7.99. The molecule has 3 heterocycles. The highest BCUT2D eigenvalue weighted by Crippen LogP contribution is 2.44. The van der Waals surface area contributed by atoms with Crippen LogP contribution in [0, 0.1) is 19.3 Å². The van der Waals surface area contributed by atoms with Crippen LogP contribution in [0.5, 0.6) is 0 Å². The van der Waals surface area contributed by atoms with Gasteiger partial charge in [0.15, 0.2) is 6.20 Å². The van der Waals surface area contributed by atoms with Crippen LogP contribution >= 0.6 is 0 Å². The lowest BCUT2D eigenvalue weighted by Gasteiger charge is -2.20. The maximum atomic E-state index is 2.56. The van der Waals surface area contributed by atoms with Crippen molar-refractivity contribution in [1.29, 1.82) is 0 Å². The van der Waals surface area contributed by atoms with Crippen LogP contribution in [0.1, 0.15) is 37.5 Å². The molecule has 0 unspecified atom stereocenters. The Morgan fingerprint density at radius 2 is 1.51 bits per heavy atom. The largest absolute Gasteiger partial charge is 0.307 e. The average molecular weight is 456 g/mol. The Hall–Kier alpha value is -3.65. The van der Waals surface area contributed by atoms with E-state index in [2.05, 4.69) is 117 Å². The van der Waals surface area contributed by atoms with Crippen molar-refractivity contribution in [3.8, 4) is 0 Å². The minimum atomic E-state index is 0.261. The van der Waals surface area contributed by atoms with Crippen LogP contribution in [-0.4, -0.2) is 4.40 Å². The first kappa shape index (κ1) is 20.7. The van der Waals surface area contributed by atoms with Crippen LogP contribution in [0.4, 0.5) is 0 Å². The maximum Gasteiger partial charge on any atom is 0.224 e. The van der Waals surface area contributed by atoms with Gasteiger partial charge >= 0.3 is 0 Å². The molecule has 3 aromatic heterocycles. The van der Waals surface area contributed by atoms with Crippen molar-refractivity contribution in [3.05, 3.63) is 83.6 Å². The topological polar surface area (TPSA) is 8.29 Å². The fourth-order valence-electron chi connectivity index (χ4n) is 6.59. The lowest BCUT2D eigenvalue weighted by Crippen LogP contribution is -2.29. The van der Waals surface area contributed by atoms with E-state index in [0.717, 1.165) is 6.42 Å². The summed E-state index contributed by atoms with van der Waals surface area (Å²) in [5.74, 6) is 0. The molecule has 0 saturated heterocycles. The minimum absolute atomic E-state index is 0.261. The van der Waals surface area contributed by atoms with Gasteiger partial charge in [-0.3, -0.25) is 0 Å². The molecule has 172 valence electrons. The highest BCUT2D eigenvalue weighted by Gasteiger charge is 2.26. The van der Waals surface area contributed by atoms with Crippen LogP contribution < -0.4 is 4.57 Å². The highest BCUT2D eigenvalue weighted by molar-refractivity contribution is 6.28. The molecule has 2 nitrogen and oxygen atoms in total. The summed E-state index contributed by atoms with van der Waals surface area (Å²) in [7, 11) is 2.20. The van der Waals surface area contributed by atoms with E-state index in [1.807, 2.05) is 0 Å². The number of aromatic nitrogens is 2. The van der Waals surface area contributed by atoms with Gasteiger partial charge in [-0.1, -0.05) is 69.3 Å². The number of rotatable bonds is 1. The summed E-state index contributed by atoms with van der Waals surface area (Å²) in [4.78, 5) is 0. The predicted octanol–water partition coefficient (Wildman–Crippen LogP) is 8.17. The van der Waals surface area contributed by atoms with E-state index >= 15 is 0 Å². The molecule has 0 fully saturated rings. The van der Waals surface area contributed by atoms with Crippen molar-refractivity contribution in [1.82, 2.24) is 4.40 Å². The summed E-state index contributed by atoms with van der Waals surface area (Å²) in [6.45, 7) is 11.6. The van der Waals surface area contributed by atoms with E-state index in [0.29, 0.717) is 0 Å². The standard InChI is InChI=1S/C33H31N2/c1-19-26-17-21(18-33(3,4)5)11-13-23(26)20(2)30-28(19)32-29-22(15-16-34(32)6)12-14-25-24-9-7-8-10-27(24)35(30)31(25)29/h7-17H,18H2,1-6H3/q+1. The second-order valence-electron chi connectivity index (χ2n) is 11.6. The molecule has 0 bridgehead atoms. The molecule has 0 aliphatic carbocycles. The SMILES string of the molecule is Cc1c2cc(CC(C)(C)C)ccc2c(C)c2c1c1c3c(ccc4c5ccccc5n2c43)cc[n+]1C. The smallest absolute Gasteiger partial charge is 0.224 e. The van der Waals surface area contributed by atoms with Gasteiger partial charge in [-0.15, -0.1) is 0 Å². The van der Waals surface area contributed by atoms with Crippen LogP contribution in [0.25, 0.3) is 59.8 Å². The van der Waals surface area contributed by atoms with Crippen LogP contribution in [-0.2, 0) is 13.5 Å². The number of fused-ring (bicyclic) bond motifs is 7. The average Bonchev–Trinajstić information content (AvgIpc) is 3.16. The maximum absolute atomic E-state index is 2.56. The Morgan fingerprint density at radius 1 is 0.743 bits per heavy atom. The normalized spacial score (nSPS) is 13.0. The van der Waals surface area contributed by atoms with Gasteiger partial charge in [0.1, 0.15) is 7.05 Å². The molecular weight excluding hydrogens is 424 g/mol. The monoisotopic (exact) mass is 455 g/mol. The summed E-state index contributed by atoms with van der Waals surface area (Å²) in [5.41, 5.74) is 9.72. The molecule has 0 N–H and O–H groups in total. The molecule has 35 heavy (non-hydrogen) atoms. The predicted molar refractivity (Wildman–Crippen MR) is 150 cm³/mol. The molecular formula is C33H31N2+. The molecule has 0 spiro atoms. The summed E-state index contributed by atoms with van der Waals surface area (Å²) < 4.78 is 4.89. The highest BCUT2D eigenvalue weighted by atomic mass is 15.0. The van der Waals surface area contributed by atoms with E-state index in [4.69, 9.17) is 0 Å². The van der Waals surface area contributed by atoms with Crippen molar-refractivity contribution in [3.63, 3.8) is 0 Å². The summed E-state index contributed by atoms with van der Waals surface area (Å²) in [6.07, 6.45) is 3.30. The summed E-state index contributed by atoms with van der Waals surface area (Å²) in [6, 6.07) is 22.9. The zero-order valence-electron chi connectivity index (χ0n) is 21.5. The zero-order chi connectivity index (χ0) is 24.2. The zero-order valence-corrected chi connectivity index (χ0v) is 21.5. The lowest BCUT2D eigenvalue weighted by molar-refractivity contribution is -0.643. The molecule has 0 amide bonds. The molecule has 0 radical (unpaired) electrons. The number of hydrogen-bond donors (Lipinski definition) is 0. The lowest BCUT2D eigenvalue weighted by atomic mass is 9.86. The van der Waals surface area contributed by atoms with Gasteiger partial charge in [0, 0.05) is 16.8 Å². The molecule has 0 aliphatic heterocycles. The Balaban J connectivity index is 1.81. The van der Waals surface area contributed by atoms with Crippen LogP contribution in [0.3, 0.4) is 0 Å². The molecule has 0 atom stereocenters. The minimum Gasteiger partial charge on any atom is -0.307 e. The number of nitrogens with zero attached hydrogens (tertiary/aromatic N) is 2. The molecule has 0 aliphatic rings. The van der Waals surface area contributed by atoms with Crippen LogP contribution in [0.15, 0.2) is 66.9 Å². The molecule has 0 saturated carbocycles. The second kappa shape index (κ2) is 6.73. The van der Waals surface area contributed by atoms with Gasteiger partial charge < -0.3 is 4.40 Å². The van der Waals surface area contributed by atoms with E-state index in [1.54, 1.807) is 0 Å². The first-order valence-electron chi connectivity index (χ1n) is 12.7. The number of hydrogen-bond acceptors (Lipinski definition) is 0. The van der Waals surface area contributed by atoms with Gasteiger partial charge in [-0.25, -0.2) is 4.57 Å². The van der Waals surface area contributed by atoms with Gasteiger partial charge in [0.2, 0.25) is 5.52 Å². The van der Waals surface area contributed by atoms with Gasteiger partial charge in [0.05, 0.1) is 27.3 Å². The third-order valence-corrected chi connectivity index (χ3v) is 7.99. The van der Waals surface area contributed by atoms with E-state index in [-0.39, 0.29) is 5.41 Å². The Morgan fingerprint density at radius 3 is 2.31 bits per heavy atom. The first-order valence-corrected chi connectivity index (χ1v) is 12.7. The number of para-hydroxylation sites is 1. The van der Waals surface area contributed by atoms with Crippen molar-refractivity contribution in [2.45, 2.75) is 41.0 Å². The Bertz CT molecular complexity index is 1980. The van der Waals surface area contributed by atoms with E-state index in [1.165, 1.54) is 76.5 Å². The molecule has 7 aromatic rings. The second-order valence-corrected chi connectivity index (χ2v) is 11.6. The fraction of sp³-hybridized carbons (Fsp3) is 0.242. The van der Waals surface area contributed by atoms with Crippen molar-refractivity contribution < 1.29 is 4.57 Å². The molecule has 4 aromatic carbocycles. The third kappa shape index (κ3) is 2.68. The van der Waals surface area contributed by atoms with E-state index < -0.39 is 0 Å². The Kier molecular flexibility index (Phi) is 3.98. The van der Waals surface area contributed by atoms with Crippen molar-refractivity contribution in [2.24, 2.45) is 12.5 Å². The molecule has 7 rings (SSSR count). The van der Waals surface area contributed by atoms with E-state index in [9.17, 15) is 0 Å². The van der Waals surface area contributed by atoms with Crippen molar-refractivity contribution in [2.75, 3.05) is 0 Å². The Labute approximate surface area is 205 Å². The van der Waals surface area contributed by atoms with Gasteiger partial charge in [-0.05, 0) is 64.6 Å². The fourth-order valence-corrected chi connectivity index (χ4v) is 6.59. The number of aryl methyl sites for hydroxylation is 3. The van der Waals surface area contributed by atoms with Crippen LogP contribution in [0.2, 0.25) is 0 Å². The molecule has 2 heteroatoms. The first-order chi connectivity index (χ1) is 16.7. The van der Waals surface area contributed by atoms with Crippen molar-refractivity contribution >= 4 is 59.8 Å². The van der Waals surface area contributed by atoms with Gasteiger partial charge in [-0.2, -0.15) is 0 Å². The summed E-state index contributed by atoms with van der Waals surface area (Å²) >= 11 is 0. The number of pyridine rings is 2. The summed E-state index contributed by atoms with van der Waals surface area (Å²) in [5, 5.41) is 9.45. The number of benzene rings is 4. The quantitative estimate of drug-likeness (QED) is 0.134.